The van der Waals surface area contributed by atoms with Crippen LogP contribution in [-0.4, -0.2) is 23.6 Å². The highest BCUT2D eigenvalue weighted by atomic mass is 16.2. The molecule has 0 bridgehead atoms. The second-order valence-electron chi connectivity index (χ2n) is 3.42. The van der Waals surface area contributed by atoms with E-state index in [1.807, 2.05) is 30.3 Å². The summed E-state index contributed by atoms with van der Waals surface area (Å²) >= 11 is 0. The number of benzene rings is 1. The molecule has 0 saturated heterocycles. The van der Waals surface area contributed by atoms with Gasteiger partial charge >= 0.3 is 0 Å². The van der Waals surface area contributed by atoms with Crippen LogP contribution < -0.4 is 0 Å². The normalized spacial score (nSPS) is 9.73. The highest BCUT2D eigenvalue weighted by Gasteiger charge is 2.16. The molecule has 80 valence electrons. The van der Waals surface area contributed by atoms with Crippen molar-refractivity contribution in [2.75, 3.05) is 7.05 Å². The number of carbonyl (C=O) groups is 2. The summed E-state index contributed by atoms with van der Waals surface area (Å²) in [6, 6.07) is 9.60. The van der Waals surface area contributed by atoms with Crippen molar-refractivity contribution in [2.45, 2.75) is 19.9 Å². The van der Waals surface area contributed by atoms with E-state index < -0.39 is 5.91 Å². The minimum absolute atomic E-state index is 0.262. The SMILES string of the molecule is CCC(=O)C(=O)N(C)Cc1ccccc1. The number of likely N-dealkylation sites (N-methyl/N-ethyl adjacent to an activating group) is 1. The van der Waals surface area contributed by atoms with Crippen LogP contribution in [0.5, 0.6) is 0 Å². The van der Waals surface area contributed by atoms with Crippen molar-refractivity contribution in [1.29, 1.82) is 0 Å². The topological polar surface area (TPSA) is 37.4 Å². The summed E-state index contributed by atoms with van der Waals surface area (Å²) in [6.45, 7) is 2.17. The Labute approximate surface area is 89.7 Å². The lowest BCUT2D eigenvalue weighted by molar-refractivity contribution is -0.143. The maximum Gasteiger partial charge on any atom is 0.289 e. The fraction of sp³-hybridized carbons (Fsp3) is 0.333. The second-order valence-corrected chi connectivity index (χ2v) is 3.42. The Morgan fingerprint density at radius 1 is 1.20 bits per heavy atom. The molecular formula is C12H15NO2. The van der Waals surface area contributed by atoms with Gasteiger partial charge < -0.3 is 4.90 Å². The van der Waals surface area contributed by atoms with Crippen LogP contribution >= 0.6 is 0 Å². The minimum atomic E-state index is -0.415. The first-order valence-electron chi connectivity index (χ1n) is 4.97. The number of nitrogens with zero attached hydrogens (tertiary/aromatic N) is 1. The van der Waals surface area contributed by atoms with E-state index in [0.29, 0.717) is 6.54 Å². The summed E-state index contributed by atoms with van der Waals surface area (Å²) in [5, 5.41) is 0. The fourth-order valence-corrected chi connectivity index (χ4v) is 1.29. The molecule has 0 aliphatic heterocycles. The third-order valence-corrected chi connectivity index (χ3v) is 2.17. The summed E-state index contributed by atoms with van der Waals surface area (Å²) in [5.41, 5.74) is 1.03. The fourth-order valence-electron chi connectivity index (χ4n) is 1.29. The lowest BCUT2D eigenvalue weighted by Crippen LogP contribution is -2.32. The lowest BCUT2D eigenvalue weighted by atomic mass is 10.2. The van der Waals surface area contributed by atoms with Gasteiger partial charge in [0.15, 0.2) is 0 Å². The average Bonchev–Trinajstić information content (AvgIpc) is 2.28. The molecule has 0 spiro atoms. The van der Waals surface area contributed by atoms with E-state index in [1.165, 1.54) is 4.90 Å². The Bertz CT molecular complexity index is 346. The Hall–Kier alpha value is -1.64. The third-order valence-electron chi connectivity index (χ3n) is 2.17. The van der Waals surface area contributed by atoms with Crippen LogP contribution in [0, 0.1) is 0 Å². The van der Waals surface area contributed by atoms with E-state index in [-0.39, 0.29) is 12.2 Å². The van der Waals surface area contributed by atoms with Crippen LogP contribution in [0.4, 0.5) is 0 Å². The lowest BCUT2D eigenvalue weighted by Gasteiger charge is -2.15. The molecule has 3 nitrogen and oxygen atoms in total. The van der Waals surface area contributed by atoms with Crippen molar-refractivity contribution in [1.82, 2.24) is 4.90 Å². The zero-order valence-corrected chi connectivity index (χ0v) is 9.06. The maximum absolute atomic E-state index is 11.5. The van der Waals surface area contributed by atoms with E-state index in [9.17, 15) is 9.59 Å². The molecule has 0 fully saturated rings. The maximum atomic E-state index is 11.5. The molecule has 0 heterocycles. The van der Waals surface area contributed by atoms with Gasteiger partial charge in [-0.1, -0.05) is 37.3 Å². The number of hydrogen-bond donors (Lipinski definition) is 0. The van der Waals surface area contributed by atoms with Gasteiger partial charge in [-0.3, -0.25) is 9.59 Å². The van der Waals surface area contributed by atoms with Crippen LogP contribution in [0.3, 0.4) is 0 Å². The zero-order chi connectivity index (χ0) is 11.3. The summed E-state index contributed by atoms with van der Waals surface area (Å²) in [4.78, 5) is 24.1. The van der Waals surface area contributed by atoms with Crippen LogP contribution in [0.15, 0.2) is 30.3 Å². The van der Waals surface area contributed by atoms with Gasteiger partial charge in [-0.15, -0.1) is 0 Å². The van der Waals surface area contributed by atoms with E-state index in [2.05, 4.69) is 0 Å². The smallest absolute Gasteiger partial charge is 0.289 e. The van der Waals surface area contributed by atoms with Crippen molar-refractivity contribution in [3.63, 3.8) is 0 Å². The Morgan fingerprint density at radius 3 is 2.33 bits per heavy atom. The van der Waals surface area contributed by atoms with Crippen molar-refractivity contribution >= 4 is 11.7 Å². The van der Waals surface area contributed by atoms with Crippen LogP contribution in [0.1, 0.15) is 18.9 Å². The number of hydrogen-bond acceptors (Lipinski definition) is 2. The van der Waals surface area contributed by atoms with Crippen molar-refractivity contribution in [3.05, 3.63) is 35.9 Å². The largest absolute Gasteiger partial charge is 0.335 e. The van der Waals surface area contributed by atoms with Crippen LogP contribution in [0.2, 0.25) is 0 Å². The minimum Gasteiger partial charge on any atom is -0.335 e. The summed E-state index contributed by atoms with van der Waals surface area (Å²) in [6.07, 6.45) is 0.262. The van der Waals surface area contributed by atoms with Gasteiger partial charge in [0.25, 0.3) is 5.91 Å². The molecule has 1 aromatic rings. The van der Waals surface area contributed by atoms with Crippen molar-refractivity contribution < 1.29 is 9.59 Å². The molecule has 0 aliphatic carbocycles. The number of amides is 1. The first-order valence-corrected chi connectivity index (χ1v) is 4.97. The van der Waals surface area contributed by atoms with Gasteiger partial charge in [0.2, 0.25) is 5.78 Å². The Kier molecular flexibility index (Phi) is 4.03. The van der Waals surface area contributed by atoms with Gasteiger partial charge in [-0.2, -0.15) is 0 Å². The molecule has 1 aromatic carbocycles. The van der Waals surface area contributed by atoms with Gasteiger partial charge in [0, 0.05) is 20.0 Å². The molecule has 3 heteroatoms. The van der Waals surface area contributed by atoms with Gasteiger partial charge in [0.1, 0.15) is 0 Å². The van der Waals surface area contributed by atoms with E-state index in [0.717, 1.165) is 5.56 Å². The molecule has 0 aromatic heterocycles. The molecule has 0 aliphatic rings. The number of rotatable bonds is 4. The Balaban J connectivity index is 2.60. The summed E-state index contributed by atoms with van der Waals surface area (Å²) in [7, 11) is 1.64. The second kappa shape index (κ2) is 5.29. The first kappa shape index (κ1) is 11.4. The highest BCUT2D eigenvalue weighted by Crippen LogP contribution is 2.03. The monoisotopic (exact) mass is 205 g/mol. The van der Waals surface area contributed by atoms with Crippen molar-refractivity contribution in [2.24, 2.45) is 0 Å². The third kappa shape index (κ3) is 3.20. The van der Waals surface area contributed by atoms with Crippen molar-refractivity contribution in [3.8, 4) is 0 Å². The summed E-state index contributed by atoms with van der Waals surface area (Å²) in [5.74, 6) is -0.755. The molecule has 0 N–H and O–H groups in total. The van der Waals surface area contributed by atoms with Gasteiger partial charge in [-0.25, -0.2) is 0 Å². The number of ketones is 1. The average molecular weight is 205 g/mol. The predicted molar refractivity (Wildman–Crippen MR) is 58.2 cm³/mol. The van der Waals surface area contributed by atoms with Gasteiger partial charge in [-0.05, 0) is 5.56 Å². The molecule has 0 atom stereocenters. The predicted octanol–water partition coefficient (Wildman–Crippen LogP) is 1.62. The standard InChI is InChI=1S/C12H15NO2/c1-3-11(14)12(15)13(2)9-10-7-5-4-6-8-10/h4-8H,3,9H2,1-2H3. The van der Waals surface area contributed by atoms with Crippen LogP contribution in [-0.2, 0) is 16.1 Å². The molecule has 0 radical (unpaired) electrons. The van der Waals surface area contributed by atoms with E-state index in [1.54, 1.807) is 14.0 Å². The highest BCUT2D eigenvalue weighted by molar-refractivity contribution is 6.35. The van der Waals surface area contributed by atoms with Crippen LogP contribution in [0.25, 0.3) is 0 Å². The zero-order valence-electron chi connectivity index (χ0n) is 9.06. The van der Waals surface area contributed by atoms with Gasteiger partial charge in [0.05, 0.1) is 0 Å². The van der Waals surface area contributed by atoms with E-state index in [4.69, 9.17) is 0 Å². The first-order chi connectivity index (χ1) is 7.15. The number of Topliss-reactive ketones (excluding diaryl/α,β-unsaturated/α-hetero) is 1. The quantitative estimate of drug-likeness (QED) is 0.700. The molecule has 15 heavy (non-hydrogen) atoms. The van der Waals surface area contributed by atoms with E-state index >= 15 is 0 Å². The Morgan fingerprint density at radius 2 is 1.80 bits per heavy atom. The molecule has 0 saturated carbocycles. The summed E-state index contributed by atoms with van der Waals surface area (Å²) < 4.78 is 0. The number of carbonyl (C=O) groups excluding carboxylic acids is 2. The molecule has 1 amide bonds. The molecule has 0 unspecified atom stereocenters. The molecular weight excluding hydrogens is 190 g/mol. The molecule has 1 rings (SSSR count).